The molecule has 22 heavy (non-hydrogen) atoms. The van der Waals surface area contributed by atoms with E-state index in [1.54, 1.807) is 43.3 Å². The van der Waals surface area contributed by atoms with Gasteiger partial charge in [0.2, 0.25) is 10.0 Å². The summed E-state index contributed by atoms with van der Waals surface area (Å²) in [7, 11) is -1.92. The lowest BCUT2D eigenvalue weighted by Crippen LogP contribution is -2.26. The second-order valence-electron chi connectivity index (χ2n) is 4.66. The maximum absolute atomic E-state index is 12.2. The molecule has 1 heterocycles. The third-order valence-corrected chi connectivity index (χ3v) is 5.48. The standard InChI is InChI=1S/C15H19NO4S2/c1-12-10-14(5-6-15(12)19-2)22(17,18)16-7-9-21-11-13-4-3-8-20-13/h3-6,8,10,16H,7,9,11H2,1-2H3. The van der Waals surface area contributed by atoms with Crippen LogP contribution in [-0.4, -0.2) is 27.8 Å². The molecule has 7 heteroatoms. The number of furan rings is 1. The van der Waals surface area contributed by atoms with Crippen LogP contribution >= 0.6 is 11.8 Å². The van der Waals surface area contributed by atoms with E-state index in [4.69, 9.17) is 9.15 Å². The summed E-state index contributed by atoms with van der Waals surface area (Å²) in [6, 6.07) is 8.55. The van der Waals surface area contributed by atoms with Gasteiger partial charge in [-0.25, -0.2) is 13.1 Å². The van der Waals surface area contributed by atoms with Gasteiger partial charge < -0.3 is 9.15 Å². The van der Waals surface area contributed by atoms with Gasteiger partial charge in [0.05, 0.1) is 24.0 Å². The molecule has 0 amide bonds. The molecular formula is C15H19NO4S2. The van der Waals surface area contributed by atoms with E-state index in [2.05, 4.69) is 4.72 Å². The van der Waals surface area contributed by atoms with Crippen molar-refractivity contribution in [1.29, 1.82) is 0 Å². The van der Waals surface area contributed by atoms with E-state index in [0.29, 0.717) is 18.0 Å². The van der Waals surface area contributed by atoms with Crippen LogP contribution in [0.25, 0.3) is 0 Å². The van der Waals surface area contributed by atoms with Crippen molar-refractivity contribution in [3.05, 3.63) is 47.9 Å². The fourth-order valence-electron chi connectivity index (χ4n) is 1.92. The summed E-state index contributed by atoms with van der Waals surface area (Å²) in [5.41, 5.74) is 0.789. The topological polar surface area (TPSA) is 68.5 Å². The second kappa shape index (κ2) is 7.71. The molecule has 0 aliphatic rings. The lowest BCUT2D eigenvalue weighted by atomic mass is 10.2. The monoisotopic (exact) mass is 341 g/mol. The fourth-order valence-corrected chi connectivity index (χ4v) is 3.92. The van der Waals surface area contributed by atoms with Crippen LogP contribution in [0.1, 0.15) is 11.3 Å². The number of nitrogens with one attached hydrogen (secondary N) is 1. The van der Waals surface area contributed by atoms with Crippen molar-refractivity contribution in [2.24, 2.45) is 0 Å². The summed E-state index contributed by atoms with van der Waals surface area (Å²) in [6.07, 6.45) is 1.63. The summed E-state index contributed by atoms with van der Waals surface area (Å²) in [6.45, 7) is 2.19. The summed E-state index contributed by atoms with van der Waals surface area (Å²) >= 11 is 1.62. The highest BCUT2D eigenvalue weighted by Gasteiger charge is 2.14. The lowest BCUT2D eigenvalue weighted by molar-refractivity contribution is 0.411. The van der Waals surface area contributed by atoms with E-state index >= 15 is 0 Å². The Balaban J connectivity index is 1.84. The smallest absolute Gasteiger partial charge is 0.240 e. The van der Waals surface area contributed by atoms with E-state index in [9.17, 15) is 8.42 Å². The SMILES string of the molecule is COc1ccc(S(=O)(=O)NCCSCc2ccco2)cc1C. The van der Waals surface area contributed by atoms with Gasteiger partial charge in [-0.05, 0) is 42.8 Å². The zero-order valence-electron chi connectivity index (χ0n) is 12.5. The molecule has 1 N–H and O–H groups in total. The van der Waals surface area contributed by atoms with Gasteiger partial charge in [-0.3, -0.25) is 0 Å². The Morgan fingerprint density at radius 1 is 1.32 bits per heavy atom. The van der Waals surface area contributed by atoms with Crippen LogP contribution < -0.4 is 9.46 Å². The number of ether oxygens (including phenoxy) is 1. The molecule has 0 spiro atoms. The van der Waals surface area contributed by atoms with Gasteiger partial charge >= 0.3 is 0 Å². The number of benzene rings is 1. The van der Waals surface area contributed by atoms with E-state index in [1.807, 2.05) is 19.1 Å². The average Bonchev–Trinajstić information content (AvgIpc) is 3.00. The molecule has 0 radical (unpaired) electrons. The van der Waals surface area contributed by atoms with Crippen molar-refractivity contribution in [3.63, 3.8) is 0 Å². The molecule has 1 aromatic carbocycles. The van der Waals surface area contributed by atoms with Gasteiger partial charge in [0, 0.05) is 12.3 Å². The first kappa shape index (κ1) is 16.9. The first-order valence-corrected chi connectivity index (χ1v) is 9.41. The largest absolute Gasteiger partial charge is 0.496 e. The number of thioether (sulfide) groups is 1. The van der Waals surface area contributed by atoms with Gasteiger partial charge in [0.25, 0.3) is 0 Å². The molecule has 120 valence electrons. The minimum atomic E-state index is -3.48. The first-order valence-electron chi connectivity index (χ1n) is 6.77. The highest BCUT2D eigenvalue weighted by molar-refractivity contribution is 7.98. The third kappa shape index (κ3) is 4.53. The lowest BCUT2D eigenvalue weighted by Gasteiger charge is -2.09. The van der Waals surface area contributed by atoms with Crippen LogP contribution in [0.2, 0.25) is 0 Å². The number of hydrogen-bond donors (Lipinski definition) is 1. The number of aryl methyl sites for hydroxylation is 1. The van der Waals surface area contributed by atoms with Crippen LogP contribution in [-0.2, 0) is 15.8 Å². The number of methoxy groups -OCH3 is 1. The van der Waals surface area contributed by atoms with Gasteiger partial charge in [-0.2, -0.15) is 11.8 Å². The minimum absolute atomic E-state index is 0.252. The van der Waals surface area contributed by atoms with E-state index < -0.39 is 10.0 Å². The van der Waals surface area contributed by atoms with Crippen molar-refractivity contribution in [3.8, 4) is 5.75 Å². The van der Waals surface area contributed by atoms with E-state index in [0.717, 1.165) is 17.1 Å². The highest BCUT2D eigenvalue weighted by atomic mass is 32.2. The Bertz CT molecular complexity index is 696. The van der Waals surface area contributed by atoms with Gasteiger partial charge in [0.15, 0.2) is 0 Å². The Hall–Kier alpha value is -1.44. The predicted octanol–water partition coefficient (Wildman–Crippen LogP) is 2.81. The maximum atomic E-state index is 12.2. The molecule has 0 aliphatic carbocycles. The van der Waals surface area contributed by atoms with Crippen LogP contribution in [0.4, 0.5) is 0 Å². The van der Waals surface area contributed by atoms with Crippen LogP contribution in [0, 0.1) is 6.92 Å². The van der Waals surface area contributed by atoms with Crippen molar-refractivity contribution >= 4 is 21.8 Å². The molecule has 5 nitrogen and oxygen atoms in total. The number of rotatable bonds is 8. The minimum Gasteiger partial charge on any atom is -0.496 e. The molecular weight excluding hydrogens is 322 g/mol. The van der Waals surface area contributed by atoms with Crippen molar-refractivity contribution in [2.75, 3.05) is 19.4 Å². The Kier molecular flexibility index (Phi) is 5.93. The summed E-state index contributed by atoms with van der Waals surface area (Å²) in [5, 5.41) is 0. The van der Waals surface area contributed by atoms with E-state index in [1.165, 1.54) is 0 Å². The molecule has 1 aromatic heterocycles. The zero-order chi connectivity index (χ0) is 16.0. The van der Waals surface area contributed by atoms with Gasteiger partial charge in [0.1, 0.15) is 11.5 Å². The molecule has 0 saturated heterocycles. The molecule has 2 aromatic rings. The quantitative estimate of drug-likeness (QED) is 0.748. The van der Waals surface area contributed by atoms with Gasteiger partial charge in [-0.15, -0.1) is 0 Å². The van der Waals surface area contributed by atoms with Crippen LogP contribution in [0.5, 0.6) is 5.75 Å². The summed E-state index contributed by atoms with van der Waals surface area (Å²) in [4.78, 5) is 0.252. The normalized spacial score (nSPS) is 11.5. The Morgan fingerprint density at radius 2 is 2.14 bits per heavy atom. The number of hydrogen-bond acceptors (Lipinski definition) is 5. The molecule has 0 atom stereocenters. The third-order valence-electron chi connectivity index (χ3n) is 3.04. The zero-order valence-corrected chi connectivity index (χ0v) is 14.2. The van der Waals surface area contributed by atoms with Crippen LogP contribution in [0.15, 0.2) is 45.9 Å². The summed E-state index contributed by atoms with van der Waals surface area (Å²) < 4.78 is 37.3. The van der Waals surface area contributed by atoms with E-state index in [-0.39, 0.29) is 4.90 Å². The predicted molar refractivity (Wildman–Crippen MR) is 87.8 cm³/mol. The van der Waals surface area contributed by atoms with Crippen LogP contribution in [0.3, 0.4) is 0 Å². The van der Waals surface area contributed by atoms with Gasteiger partial charge in [-0.1, -0.05) is 0 Å². The molecule has 0 bridgehead atoms. The van der Waals surface area contributed by atoms with Crippen molar-refractivity contribution in [2.45, 2.75) is 17.6 Å². The molecule has 0 saturated carbocycles. The highest BCUT2D eigenvalue weighted by Crippen LogP contribution is 2.21. The molecule has 0 fully saturated rings. The average molecular weight is 341 g/mol. The molecule has 2 rings (SSSR count). The first-order chi connectivity index (χ1) is 10.5. The molecule has 0 aliphatic heterocycles. The van der Waals surface area contributed by atoms with Crippen molar-refractivity contribution < 1.29 is 17.6 Å². The van der Waals surface area contributed by atoms with Crippen molar-refractivity contribution in [1.82, 2.24) is 4.72 Å². The second-order valence-corrected chi connectivity index (χ2v) is 7.53. The Morgan fingerprint density at radius 3 is 2.77 bits per heavy atom. The molecule has 0 unspecified atom stereocenters. The number of sulfonamides is 1. The fraction of sp³-hybridized carbons (Fsp3) is 0.333. The Labute approximate surface area is 135 Å². The summed E-state index contributed by atoms with van der Waals surface area (Å²) in [5.74, 6) is 2.97. The maximum Gasteiger partial charge on any atom is 0.240 e.